The zero-order chi connectivity index (χ0) is 28.2. The number of benzene rings is 1. The fourth-order valence-corrected chi connectivity index (χ4v) is 4.24. The number of carbonyl (C=O) groups is 3. The van der Waals surface area contributed by atoms with Gasteiger partial charge >= 0.3 is 6.09 Å². The van der Waals surface area contributed by atoms with Gasteiger partial charge in [0.15, 0.2) is 0 Å². The second kappa shape index (κ2) is 15.5. The van der Waals surface area contributed by atoms with Crippen molar-refractivity contribution < 1.29 is 24.2 Å². The highest BCUT2D eigenvalue weighted by molar-refractivity contribution is 5.92. The van der Waals surface area contributed by atoms with Crippen molar-refractivity contribution in [3.05, 3.63) is 29.8 Å². The Kier molecular flexibility index (Phi) is 13.5. The predicted octanol–water partition coefficient (Wildman–Crippen LogP) is 5.70. The van der Waals surface area contributed by atoms with E-state index in [0.29, 0.717) is 24.9 Å². The summed E-state index contributed by atoms with van der Waals surface area (Å²) in [5.41, 5.74) is -0.363. The Labute approximate surface area is 223 Å². The van der Waals surface area contributed by atoms with Crippen LogP contribution in [-0.4, -0.2) is 52.1 Å². The van der Waals surface area contributed by atoms with E-state index in [1.807, 2.05) is 27.7 Å². The molecule has 0 spiro atoms. The Balaban J connectivity index is 3.50. The van der Waals surface area contributed by atoms with Gasteiger partial charge in [0.05, 0.1) is 0 Å². The summed E-state index contributed by atoms with van der Waals surface area (Å²) in [4.78, 5) is 42.0. The minimum Gasteiger partial charge on any atom is -0.508 e. The van der Waals surface area contributed by atoms with E-state index in [-0.39, 0.29) is 29.5 Å². The standard InChI is InChI=1S/C29H49N3O5/c1-9-11-14-18-32(27(35)23(19-20(3)4)31-28(36)37-29(6,7)8)25(22-16-12-13-17-24(22)33)26(34)30-21(5)15-10-2/h12-13,16-17,20-21,23,25,33H,9-11,14-15,18-19H2,1-8H3,(H,30,34)(H,31,36). The Morgan fingerprint density at radius 1 is 1.00 bits per heavy atom. The maximum atomic E-state index is 14.1. The first-order valence-electron chi connectivity index (χ1n) is 13.7. The average Bonchev–Trinajstić information content (AvgIpc) is 2.77. The molecule has 0 aliphatic carbocycles. The molecule has 1 aromatic rings. The number of phenols is 1. The Morgan fingerprint density at radius 2 is 1.65 bits per heavy atom. The Hall–Kier alpha value is -2.77. The van der Waals surface area contributed by atoms with E-state index in [1.165, 1.54) is 11.0 Å². The quantitative estimate of drug-likeness (QED) is 0.273. The second-order valence-corrected chi connectivity index (χ2v) is 11.2. The predicted molar refractivity (Wildman–Crippen MR) is 147 cm³/mol. The summed E-state index contributed by atoms with van der Waals surface area (Å²) in [6, 6.07) is 4.59. The number of amides is 3. The van der Waals surface area contributed by atoms with Gasteiger partial charge in [-0.05, 0) is 58.9 Å². The van der Waals surface area contributed by atoms with E-state index < -0.39 is 23.8 Å². The van der Waals surface area contributed by atoms with Crippen molar-refractivity contribution in [3.8, 4) is 5.75 Å². The minimum absolute atomic E-state index is 0.0559. The van der Waals surface area contributed by atoms with E-state index in [1.54, 1.807) is 39.0 Å². The summed E-state index contributed by atoms with van der Waals surface area (Å²) in [7, 11) is 0. The molecule has 210 valence electrons. The van der Waals surface area contributed by atoms with Crippen molar-refractivity contribution in [1.29, 1.82) is 0 Å². The number of rotatable bonds is 14. The van der Waals surface area contributed by atoms with Crippen LogP contribution in [0, 0.1) is 5.92 Å². The molecular weight excluding hydrogens is 470 g/mol. The zero-order valence-corrected chi connectivity index (χ0v) is 24.1. The van der Waals surface area contributed by atoms with Gasteiger partial charge in [-0.15, -0.1) is 0 Å². The first kappa shape index (κ1) is 32.3. The van der Waals surface area contributed by atoms with Crippen LogP contribution < -0.4 is 10.6 Å². The Bertz CT molecular complexity index is 865. The molecule has 0 radical (unpaired) electrons. The van der Waals surface area contributed by atoms with Gasteiger partial charge in [0.1, 0.15) is 23.4 Å². The molecule has 0 fully saturated rings. The van der Waals surface area contributed by atoms with Gasteiger partial charge in [-0.1, -0.05) is 65.2 Å². The molecule has 1 aromatic carbocycles. The topological polar surface area (TPSA) is 108 Å². The third-order valence-corrected chi connectivity index (χ3v) is 5.88. The molecule has 0 aliphatic heterocycles. The van der Waals surface area contributed by atoms with E-state index in [2.05, 4.69) is 17.6 Å². The molecule has 3 atom stereocenters. The number of ether oxygens (including phenoxy) is 1. The molecular formula is C29H49N3O5. The summed E-state index contributed by atoms with van der Waals surface area (Å²) in [6.07, 6.45) is 3.89. The molecule has 0 aromatic heterocycles. The number of phenolic OH excluding ortho intramolecular Hbond substituents is 1. The maximum absolute atomic E-state index is 14.1. The summed E-state index contributed by atoms with van der Waals surface area (Å²) in [5, 5.41) is 16.5. The number of unbranched alkanes of at least 4 members (excludes halogenated alkanes) is 2. The molecule has 3 unspecified atom stereocenters. The first-order chi connectivity index (χ1) is 17.3. The van der Waals surface area contributed by atoms with Crippen LogP contribution in [0.2, 0.25) is 0 Å². The van der Waals surface area contributed by atoms with Crippen molar-refractivity contribution in [1.82, 2.24) is 15.5 Å². The smallest absolute Gasteiger partial charge is 0.408 e. The fourth-order valence-electron chi connectivity index (χ4n) is 4.24. The van der Waals surface area contributed by atoms with Crippen LogP contribution in [0.3, 0.4) is 0 Å². The van der Waals surface area contributed by atoms with Crippen LogP contribution in [0.15, 0.2) is 24.3 Å². The molecule has 1 rings (SSSR count). The molecule has 0 saturated heterocycles. The molecule has 3 N–H and O–H groups in total. The number of alkyl carbamates (subject to hydrolysis) is 1. The molecule has 0 aliphatic rings. The largest absolute Gasteiger partial charge is 0.508 e. The fraction of sp³-hybridized carbons (Fsp3) is 0.690. The first-order valence-corrected chi connectivity index (χ1v) is 13.7. The summed E-state index contributed by atoms with van der Waals surface area (Å²) >= 11 is 0. The Morgan fingerprint density at radius 3 is 2.19 bits per heavy atom. The third kappa shape index (κ3) is 11.4. The van der Waals surface area contributed by atoms with Crippen LogP contribution in [-0.2, 0) is 14.3 Å². The van der Waals surface area contributed by atoms with E-state index in [4.69, 9.17) is 4.74 Å². The van der Waals surface area contributed by atoms with Crippen molar-refractivity contribution in [2.24, 2.45) is 5.92 Å². The number of aromatic hydroxyl groups is 1. The molecule has 0 heterocycles. The molecule has 3 amide bonds. The van der Waals surface area contributed by atoms with Crippen LogP contribution in [0.4, 0.5) is 4.79 Å². The lowest BCUT2D eigenvalue weighted by Crippen LogP contribution is -2.54. The van der Waals surface area contributed by atoms with Gasteiger partial charge in [-0.3, -0.25) is 9.59 Å². The van der Waals surface area contributed by atoms with Gasteiger partial charge in [-0.2, -0.15) is 0 Å². The molecule has 8 nitrogen and oxygen atoms in total. The SMILES string of the molecule is CCCCCN(C(=O)C(CC(C)C)NC(=O)OC(C)(C)C)C(C(=O)NC(C)CCC)c1ccccc1O. The van der Waals surface area contributed by atoms with Gasteiger partial charge in [0.2, 0.25) is 11.8 Å². The van der Waals surface area contributed by atoms with Gasteiger partial charge in [0.25, 0.3) is 0 Å². The van der Waals surface area contributed by atoms with E-state index in [9.17, 15) is 19.5 Å². The van der Waals surface area contributed by atoms with Gasteiger partial charge < -0.3 is 25.4 Å². The molecule has 0 bridgehead atoms. The number of nitrogens with one attached hydrogen (secondary N) is 2. The molecule has 0 saturated carbocycles. The average molecular weight is 520 g/mol. The highest BCUT2D eigenvalue weighted by atomic mass is 16.6. The highest BCUT2D eigenvalue weighted by Crippen LogP contribution is 2.31. The number of carbonyl (C=O) groups excluding carboxylic acids is 3. The lowest BCUT2D eigenvalue weighted by molar-refractivity contribution is -0.143. The van der Waals surface area contributed by atoms with Crippen molar-refractivity contribution >= 4 is 17.9 Å². The highest BCUT2D eigenvalue weighted by Gasteiger charge is 2.37. The summed E-state index contributed by atoms with van der Waals surface area (Å²) in [6.45, 7) is 15.6. The van der Waals surface area contributed by atoms with Crippen LogP contribution in [0.25, 0.3) is 0 Å². The van der Waals surface area contributed by atoms with Crippen LogP contribution in [0.5, 0.6) is 5.75 Å². The van der Waals surface area contributed by atoms with Gasteiger partial charge in [0, 0.05) is 18.2 Å². The van der Waals surface area contributed by atoms with E-state index in [0.717, 1.165) is 25.7 Å². The summed E-state index contributed by atoms with van der Waals surface area (Å²) < 4.78 is 5.43. The molecule has 8 heteroatoms. The van der Waals surface area contributed by atoms with Crippen LogP contribution in [0.1, 0.15) is 106 Å². The molecule has 37 heavy (non-hydrogen) atoms. The van der Waals surface area contributed by atoms with Crippen molar-refractivity contribution in [2.75, 3.05) is 6.54 Å². The van der Waals surface area contributed by atoms with Crippen LogP contribution >= 0.6 is 0 Å². The normalized spacial score (nSPS) is 14.0. The number of para-hydroxylation sites is 1. The lowest BCUT2D eigenvalue weighted by atomic mass is 9.98. The van der Waals surface area contributed by atoms with Gasteiger partial charge in [-0.25, -0.2) is 4.79 Å². The van der Waals surface area contributed by atoms with Crippen molar-refractivity contribution in [3.63, 3.8) is 0 Å². The monoisotopic (exact) mass is 519 g/mol. The number of nitrogens with zero attached hydrogens (tertiary/aromatic N) is 1. The second-order valence-electron chi connectivity index (χ2n) is 11.2. The summed E-state index contributed by atoms with van der Waals surface area (Å²) in [5.74, 6) is -0.682. The number of hydrogen-bond donors (Lipinski definition) is 3. The lowest BCUT2D eigenvalue weighted by Gasteiger charge is -2.35. The van der Waals surface area contributed by atoms with E-state index >= 15 is 0 Å². The van der Waals surface area contributed by atoms with Crippen molar-refractivity contribution in [2.45, 2.75) is 118 Å². The third-order valence-electron chi connectivity index (χ3n) is 5.88. The zero-order valence-electron chi connectivity index (χ0n) is 24.1. The minimum atomic E-state index is -1.04. The maximum Gasteiger partial charge on any atom is 0.408 e. The number of hydrogen-bond acceptors (Lipinski definition) is 5.